The second-order valence-electron chi connectivity index (χ2n) is 6.75. The van der Waals surface area contributed by atoms with Crippen LogP contribution in [0.2, 0.25) is 10.0 Å². The molecular weight excluding hydrogens is 463 g/mol. The number of aryl methyl sites for hydroxylation is 1. The Morgan fingerprint density at radius 3 is 1.90 bits per heavy atom. The summed E-state index contributed by atoms with van der Waals surface area (Å²) in [6.07, 6.45) is 0. The molecule has 0 radical (unpaired) electrons. The number of nitrogens with one attached hydrogen (secondary N) is 1. The molecule has 0 aliphatic carbocycles. The Balaban J connectivity index is 2.13. The highest BCUT2D eigenvalue weighted by Gasteiger charge is 2.42. The van der Waals surface area contributed by atoms with Crippen LogP contribution in [-0.2, 0) is 14.9 Å². The van der Waals surface area contributed by atoms with Gasteiger partial charge in [-0.3, -0.25) is 0 Å². The van der Waals surface area contributed by atoms with Crippen LogP contribution in [-0.4, -0.2) is 8.42 Å². The number of nitriles is 1. The summed E-state index contributed by atoms with van der Waals surface area (Å²) in [5.41, 5.74) is 1.82. The fraction of sp³-hybridized carbons (Fsp3) is 0.136. The number of hydrogen-bond acceptors (Lipinski definition) is 3. The lowest BCUT2D eigenvalue weighted by Gasteiger charge is -2.31. The van der Waals surface area contributed by atoms with Gasteiger partial charge in [-0.2, -0.15) is 5.26 Å². The molecule has 0 saturated carbocycles. The van der Waals surface area contributed by atoms with Gasteiger partial charge < -0.3 is 0 Å². The van der Waals surface area contributed by atoms with E-state index in [-0.39, 0.29) is 4.90 Å². The zero-order chi connectivity index (χ0) is 21.9. The van der Waals surface area contributed by atoms with E-state index in [2.05, 4.69) is 10.8 Å². The minimum atomic E-state index is -3.99. The van der Waals surface area contributed by atoms with Crippen molar-refractivity contribution in [2.45, 2.75) is 22.7 Å². The molecule has 3 aromatic rings. The molecule has 0 heterocycles. The number of nitrogens with zero attached hydrogens (tertiary/aromatic N) is 1. The second-order valence-corrected chi connectivity index (χ2v) is 9.93. The van der Waals surface area contributed by atoms with Crippen LogP contribution in [0.25, 0.3) is 0 Å². The van der Waals surface area contributed by atoms with E-state index in [4.69, 9.17) is 34.8 Å². The van der Waals surface area contributed by atoms with Gasteiger partial charge in [0.1, 0.15) is 0 Å². The summed E-state index contributed by atoms with van der Waals surface area (Å²) in [4.78, 5) is -1.67. The van der Waals surface area contributed by atoms with Gasteiger partial charge in [0.15, 0.2) is 4.87 Å². The van der Waals surface area contributed by atoms with Gasteiger partial charge in [0, 0.05) is 10.0 Å². The molecule has 0 fully saturated rings. The first-order valence-electron chi connectivity index (χ1n) is 8.86. The van der Waals surface area contributed by atoms with Crippen LogP contribution in [0.4, 0.5) is 0 Å². The predicted molar refractivity (Wildman–Crippen MR) is 120 cm³/mol. The minimum absolute atomic E-state index is 0.0696. The van der Waals surface area contributed by atoms with Crippen LogP contribution in [0.15, 0.2) is 77.7 Å². The number of rotatable bonds is 6. The Bertz CT molecular complexity index is 1170. The van der Waals surface area contributed by atoms with Crippen LogP contribution in [0.5, 0.6) is 0 Å². The second kappa shape index (κ2) is 8.97. The number of sulfonamides is 1. The van der Waals surface area contributed by atoms with Crippen molar-refractivity contribution >= 4 is 44.8 Å². The molecule has 0 amide bonds. The summed E-state index contributed by atoms with van der Waals surface area (Å²) < 4.78 is 28.8. The van der Waals surface area contributed by atoms with Gasteiger partial charge in [-0.15, -0.1) is 0 Å². The van der Waals surface area contributed by atoms with E-state index in [1.165, 1.54) is 12.1 Å². The molecule has 0 aliphatic heterocycles. The molecule has 1 N–H and O–H groups in total. The van der Waals surface area contributed by atoms with Gasteiger partial charge in [-0.05, 0) is 54.4 Å². The Kier molecular flexibility index (Phi) is 6.76. The monoisotopic (exact) mass is 478 g/mol. The number of benzene rings is 3. The smallest absolute Gasteiger partial charge is 0.207 e. The van der Waals surface area contributed by atoms with Gasteiger partial charge in [0.2, 0.25) is 10.0 Å². The maximum absolute atomic E-state index is 13.1. The summed E-state index contributed by atoms with van der Waals surface area (Å²) in [5.74, 6) is 0. The van der Waals surface area contributed by atoms with Gasteiger partial charge >= 0.3 is 0 Å². The average Bonchev–Trinajstić information content (AvgIpc) is 2.73. The van der Waals surface area contributed by atoms with Crippen LogP contribution < -0.4 is 4.72 Å². The van der Waals surface area contributed by atoms with Crippen LogP contribution in [0, 0.1) is 18.3 Å². The molecule has 154 valence electrons. The predicted octanol–water partition coefficient (Wildman–Crippen LogP) is 5.98. The van der Waals surface area contributed by atoms with Gasteiger partial charge in [-0.25, -0.2) is 13.1 Å². The van der Waals surface area contributed by atoms with Crippen molar-refractivity contribution in [3.05, 3.63) is 99.5 Å². The summed E-state index contributed by atoms with van der Waals surface area (Å²) in [5, 5.41) is 11.0. The normalized spacial score (nSPS) is 14.5. The number of alkyl halides is 1. The van der Waals surface area contributed by atoms with Crippen LogP contribution >= 0.6 is 34.8 Å². The first-order valence-corrected chi connectivity index (χ1v) is 11.5. The Morgan fingerprint density at radius 1 is 0.900 bits per heavy atom. The summed E-state index contributed by atoms with van der Waals surface area (Å²) in [6.45, 7) is 1.86. The van der Waals surface area contributed by atoms with E-state index in [1.807, 2.05) is 6.92 Å². The maximum Gasteiger partial charge on any atom is 0.241 e. The zero-order valence-electron chi connectivity index (χ0n) is 15.8. The number of hydrogen-bond donors (Lipinski definition) is 1. The fourth-order valence-electron chi connectivity index (χ4n) is 2.96. The van der Waals surface area contributed by atoms with Gasteiger partial charge in [0.25, 0.3) is 0 Å². The van der Waals surface area contributed by atoms with Crippen molar-refractivity contribution in [3.8, 4) is 6.07 Å². The molecule has 3 aromatic carbocycles. The minimum Gasteiger partial charge on any atom is -0.207 e. The SMILES string of the molecule is Cc1ccc(S(=O)(=O)N[C@H](c2ccc(Cl)cc2)[C@@](Cl)(C#N)c2ccc(Cl)cc2)cc1. The molecule has 0 unspecified atom stereocenters. The molecule has 0 bridgehead atoms. The van der Waals surface area contributed by atoms with Crippen molar-refractivity contribution in [1.82, 2.24) is 4.72 Å². The molecule has 8 heteroatoms. The highest BCUT2D eigenvalue weighted by Crippen LogP contribution is 2.42. The summed E-state index contributed by atoms with van der Waals surface area (Å²) in [6, 6.07) is 20.2. The fourth-order valence-corrected chi connectivity index (χ4v) is 4.84. The van der Waals surface area contributed by atoms with Crippen molar-refractivity contribution in [2.75, 3.05) is 0 Å². The van der Waals surface area contributed by atoms with Crippen molar-refractivity contribution in [1.29, 1.82) is 5.26 Å². The third-order valence-electron chi connectivity index (χ3n) is 4.63. The Hall–Kier alpha value is -2.07. The van der Waals surface area contributed by atoms with E-state index >= 15 is 0 Å². The van der Waals surface area contributed by atoms with E-state index in [1.54, 1.807) is 60.7 Å². The molecular formula is C22H17Cl3N2O2S. The molecule has 4 nitrogen and oxygen atoms in total. The largest absolute Gasteiger partial charge is 0.241 e. The standard InChI is InChI=1S/C22H17Cl3N2O2S/c1-15-2-12-20(13-3-15)30(28,29)27-21(16-4-8-18(23)9-5-16)22(25,14-26)17-6-10-19(24)11-7-17/h2-13,21,27H,1H3/t21-,22-/m1/s1. The third-order valence-corrected chi connectivity index (χ3v) is 7.10. The first kappa shape index (κ1) is 22.6. The van der Waals surface area contributed by atoms with Gasteiger partial charge in [0.05, 0.1) is 17.0 Å². The van der Waals surface area contributed by atoms with Crippen LogP contribution in [0.3, 0.4) is 0 Å². The Morgan fingerprint density at radius 2 is 1.40 bits per heavy atom. The Labute approximate surface area is 191 Å². The van der Waals surface area contributed by atoms with E-state index in [0.29, 0.717) is 21.2 Å². The molecule has 30 heavy (non-hydrogen) atoms. The quantitative estimate of drug-likeness (QED) is 0.442. The van der Waals surface area contributed by atoms with E-state index < -0.39 is 20.9 Å². The lowest BCUT2D eigenvalue weighted by atomic mass is 9.88. The van der Waals surface area contributed by atoms with Crippen molar-refractivity contribution < 1.29 is 8.42 Å². The van der Waals surface area contributed by atoms with Gasteiger partial charge in [-0.1, -0.05) is 76.8 Å². The highest BCUT2D eigenvalue weighted by molar-refractivity contribution is 7.89. The maximum atomic E-state index is 13.1. The molecule has 2 atom stereocenters. The molecule has 3 rings (SSSR count). The van der Waals surface area contributed by atoms with Crippen LogP contribution in [0.1, 0.15) is 22.7 Å². The summed E-state index contributed by atoms with van der Waals surface area (Å²) >= 11 is 18.8. The molecule has 0 aromatic heterocycles. The zero-order valence-corrected chi connectivity index (χ0v) is 18.9. The highest BCUT2D eigenvalue weighted by atomic mass is 35.5. The van der Waals surface area contributed by atoms with E-state index in [9.17, 15) is 13.7 Å². The molecule has 0 spiro atoms. The summed E-state index contributed by atoms with van der Waals surface area (Å²) in [7, 11) is -3.99. The lowest BCUT2D eigenvalue weighted by Crippen LogP contribution is -2.40. The molecule has 0 aliphatic rings. The van der Waals surface area contributed by atoms with Crippen molar-refractivity contribution in [2.24, 2.45) is 0 Å². The molecule has 0 saturated heterocycles. The van der Waals surface area contributed by atoms with E-state index in [0.717, 1.165) is 5.56 Å². The third kappa shape index (κ3) is 4.80. The lowest BCUT2D eigenvalue weighted by molar-refractivity contribution is 0.514. The van der Waals surface area contributed by atoms with Crippen molar-refractivity contribution in [3.63, 3.8) is 0 Å². The first-order chi connectivity index (χ1) is 14.2. The topological polar surface area (TPSA) is 70.0 Å². The number of halogens is 3. The average molecular weight is 480 g/mol.